The fourth-order valence-electron chi connectivity index (χ4n) is 1.69. The van der Waals surface area contributed by atoms with E-state index < -0.39 is 0 Å². The highest BCUT2D eigenvalue weighted by molar-refractivity contribution is 6.01. The molecule has 1 aromatic rings. The van der Waals surface area contributed by atoms with E-state index in [-0.39, 0.29) is 24.8 Å². The van der Waals surface area contributed by atoms with E-state index in [1.807, 2.05) is 0 Å². The molecular formula is C10H11NO3. The quantitative estimate of drug-likeness (QED) is 0.709. The lowest BCUT2D eigenvalue weighted by molar-refractivity contribution is -0.117. The molecule has 2 rings (SSSR count). The van der Waals surface area contributed by atoms with Gasteiger partial charge in [0.2, 0.25) is 5.91 Å². The topological polar surface area (TPSA) is 60.8 Å². The average Bonchev–Trinajstić information content (AvgIpc) is 2.45. The fraction of sp³-hybridized carbons (Fsp3) is 0.300. The number of phenolic OH excluding ortho intramolecular Hbond substituents is 1. The molecule has 74 valence electrons. The predicted molar refractivity (Wildman–Crippen MR) is 51.2 cm³/mol. The number of carbonyl (C=O) groups excluding carboxylic acids is 1. The fourth-order valence-corrected chi connectivity index (χ4v) is 1.69. The van der Waals surface area contributed by atoms with Crippen LogP contribution in [0.15, 0.2) is 18.2 Å². The number of aliphatic hydroxyl groups excluding tert-OH is 1. The average molecular weight is 193 g/mol. The van der Waals surface area contributed by atoms with Crippen LogP contribution in [0.1, 0.15) is 5.56 Å². The largest absolute Gasteiger partial charge is 0.508 e. The van der Waals surface area contributed by atoms with Gasteiger partial charge in [-0.1, -0.05) is 6.07 Å². The van der Waals surface area contributed by atoms with Gasteiger partial charge in [0, 0.05) is 12.6 Å². The summed E-state index contributed by atoms with van der Waals surface area (Å²) < 4.78 is 0. The van der Waals surface area contributed by atoms with E-state index in [0.29, 0.717) is 12.1 Å². The summed E-state index contributed by atoms with van der Waals surface area (Å²) in [6.07, 6.45) is 0.357. The lowest BCUT2D eigenvalue weighted by atomic mass is 10.1. The van der Waals surface area contributed by atoms with Crippen LogP contribution in [0.3, 0.4) is 0 Å². The van der Waals surface area contributed by atoms with E-state index in [1.165, 1.54) is 4.90 Å². The second kappa shape index (κ2) is 3.31. The molecule has 1 heterocycles. The van der Waals surface area contributed by atoms with Crippen molar-refractivity contribution in [2.45, 2.75) is 6.42 Å². The van der Waals surface area contributed by atoms with Crippen molar-refractivity contribution < 1.29 is 15.0 Å². The van der Waals surface area contributed by atoms with Crippen LogP contribution in [0.5, 0.6) is 5.75 Å². The lowest BCUT2D eigenvalue weighted by Gasteiger charge is -2.15. The zero-order chi connectivity index (χ0) is 10.1. The van der Waals surface area contributed by atoms with Gasteiger partial charge in [0.25, 0.3) is 0 Å². The van der Waals surface area contributed by atoms with Gasteiger partial charge in [-0.2, -0.15) is 0 Å². The Bertz CT molecular complexity index is 376. The first-order valence-corrected chi connectivity index (χ1v) is 4.45. The Morgan fingerprint density at radius 2 is 2.21 bits per heavy atom. The summed E-state index contributed by atoms with van der Waals surface area (Å²) in [5.41, 5.74) is 1.62. The maximum atomic E-state index is 11.5. The molecule has 1 aliphatic rings. The highest BCUT2D eigenvalue weighted by atomic mass is 16.3. The Morgan fingerprint density at radius 1 is 1.43 bits per heavy atom. The molecule has 2 N–H and O–H groups in total. The maximum Gasteiger partial charge on any atom is 0.231 e. The minimum atomic E-state index is -0.0686. The minimum Gasteiger partial charge on any atom is -0.508 e. The molecule has 0 saturated carbocycles. The number of hydrogen-bond acceptors (Lipinski definition) is 3. The van der Waals surface area contributed by atoms with Gasteiger partial charge in [0.05, 0.1) is 18.7 Å². The normalized spacial score (nSPS) is 14.6. The molecule has 0 atom stereocenters. The summed E-state index contributed by atoms with van der Waals surface area (Å²) in [5, 5.41) is 18.1. The molecule has 0 unspecified atom stereocenters. The van der Waals surface area contributed by atoms with E-state index >= 15 is 0 Å². The summed E-state index contributed by atoms with van der Waals surface area (Å²) in [5.74, 6) is 0.112. The van der Waals surface area contributed by atoms with E-state index in [2.05, 4.69) is 0 Å². The third-order valence-electron chi connectivity index (χ3n) is 2.33. The SMILES string of the molecule is O=C1Cc2ccc(O)cc2N1CCO. The van der Waals surface area contributed by atoms with Crippen molar-refractivity contribution in [1.29, 1.82) is 0 Å². The number of aromatic hydroxyl groups is 1. The van der Waals surface area contributed by atoms with Gasteiger partial charge in [-0.15, -0.1) is 0 Å². The molecule has 4 nitrogen and oxygen atoms in total. The molecule has 14 heavy (non-hydrogen) atoms. The van der Waals surface area contributed by atoms with Crippen LogP contribution in [0, 0.1) is 0 Å². The van der Waals surface area contributed by atoms with Gasteiger partial charge in [0.15, 0.2) is 0 Å². The van der Waals surface area contributed by atoms with Gasteiger partial charge in [-0.3, -0.25) is 4.79 Å². The van der Waals surface area contributed by atoms with Crippen molar-refractivity contribution in [3.63, 3.8) is 0 Å². The summed E-state index contributed by atoms with van der Waals surface area (Å²) in [6.45, 7) is 0.218. The van der Waals surface area contributed by atoms with Crippen molar-refractivity contribution in [3.05, 3.63) is 23.8 Å². The van der Waals surface area contributed by atoms with Gasteiger partial charge in [-0.25, -0.2) is 0 Å². The Hall–Kier alpha value is -1.55. The molecule has 0 spiro atoms. The predicted octanol–water partition coefficient (Wildman–Crippen LogP) is 0.274. The van der Waals surface area contributed by atoms with Crippen LogP contribution < -0.4 is 4.90 Å². The molecule has 0 saturated heterocycles. The number of amides is 1. The van der Waals surface area contributed by atoms with Gasteiger partial charge in [-0.05, 0) is 11.6 Å². The minimum absolute atomic E-state index is 0.0281. The van der Waals surface area contributed by atoms with Crippen LogP contribution >= 0.6 is 0 Å². The van der Waals surface area contributed by atoms with E-state index in [4.69, 9.17) is 5.11 Å². The lowest BCUT2D eigenvalue weighted by Crippen LogP contribution is -2.29. The first-order chi connectivity index (χ1) is 6.72. The van der Waals surface area contributed by atoms with Gasteiger partial charge < -0.3 is 15.1 Å². The Balaban J connectivity index is 2.39. The van der Waals surface area contributed by atoms with Crippen molar-refractivity contribution in [2.75, 3.05) is 18.1 Å². The molecule has 0 fully saturated rings. The second-order valence-corrected chi connectivity index (χ2v) is 3.26. The summed E-state index contributed by atoms with van der Waals surface area (Å²) in [6, 6.07) is 4.85. The monoisotopic (exact) mass is 193 g/mol. The summed E-state index contributed by atoms with van der Waals surface area (Å²) >= 11 is 0. The standard InChI is InChI=1S/C10H11NO3/c12-4-3-11-9-6-8(13)2-1-7(9)5-10(11)14/h1-2,6,12-13H,3-5H2. The van der Waals surface area contributed by atoms with Crippen LogP contribution in [-0.2, 0) is 11.2 Å². The van der Waals surface area contributed by atoms with Crippen molar-refractivity contribution in [1.82, 2.24) is 0 Å². The molecule has 0 radical (unpaired) electrons. The molecule has 0 bridgehead atoms. The number of hydrogen-bond donors (Lipinski definition) is 2. The number of rotatable bonds is 2. The van der Waals surface area contributed by atoms with Gasteiger partial charge >= 0.3 is 0 Å². The third kappa shape index (κ3) is 1.33. The van der Waals surface area contributed by atoms with E-state index in [9.17, 15) is 9.90 Å². The highest BCUT2D eigenvalue weighted by Gasteiger charge is 2.26. The van der Waals surface area contributed by atoms with Crippen LogP contribution in [0.25, 0.3) is 0 Å². The molecule has 1 aromatic carbocycles. The number of anilines is 1. The third-order valence-corrected chi connectivity index (χ3v) is 2.33. The Kier molecular flexibility index (Phi) is 2.13. The number of benzene rings is 1. The van der Waals surface area contributed by atoms with Crippen molar-refractivity contribution in [2.24, 2.45) is 0 Å². The Morgan fingerprint density at radius 3 is 2.93 bits per heavy atom. The zero-order valence-corrected chi connectivity index (χ0v) is 7.60. The van der Waals surface area contributed by atoms with Crippen LogP contribution in [-0.4, -0.2) is 29.3 Å². The number of nitrogens with zero attached hydrogens (tertiary/aromatic N) is 1. The second-order valence-electron chi connectivity index (χ2n) is 3.26. The smallest absolute Gasteiger partial charge is 0.231 e. The van der Waals surface area contributed by atoms with E-state index in [1.54, 1.807) is 18.2 Å². The van der Waals surface area contributed by atoms with Crippen molar-refractivity contribution in [3.8, 4) is 5.75 Å². The number of phenols is 1. The first-order valence-electron chi connectivity index (χ1n) is 4.45. The first kappa shape index (κ1) is 9.02. The zero-order valence-electron chi connectivity index (χ0n) is 7.60. The molecule has 4 heteroatoms. The number of aliphatic hydroxyl groups is 1. The van der Waals surface area contributed by atoms with Crippen LogP contribution in [0.4, 0.5) is 5.69 Å². The highest BCUT2D eigenvalue weighted by Crippen LogP contribution is 2.31. The van der Waals surface area contributed by atoms with Crippen molar-refractivity contribution >= 4 is 11.6 Å². The summed E-state index contributed by atoms with van der Waals surface area (Å²) in [7, 11) is 0. The molecular weight excluding hydrogens is 182 g/mol. The molecule has 0 aromatic heterocycles. The summed E-state index contributed by atoms with van der Waals surface area (Å²) in [4.78, 5) is 13.0. The number of β-amino-alcohol motifs (C(OH)–C–C–N with tert-alkyl or cyclic N) is 1. The Labute approximate surface area is 81.4 Å². The molecule has 1 amide bonds. The molecule has 0 aliphatic carbocycles. The van der Waals surface area contributed by atoms with Crippen LogP contribution in [0.2, 0.25) is 0 Å². The maximum absolute atomic E-state index is 11.5. The number of fused-ring (bicyclic) bond motifs is 1. The number of carbonyl (C=O) groups is 1. The van der Waals surface area contributed by atoms with Gasteiger partial charge in [0.1, 0.15) is 5.75 Å². The van der Waals surface area contributed by atoms with E-state index in [0.717, 1.165) is 5.56 Å². The molecule has 1 aliphatic heterocycles.